The maximum Gasteiger partial charge on any atom is 0.221 e. The Morgan fingerprint density at radius 1 is 0.919 bits per heavy atom. The smallest absolute Gasteiger partial charge is 0.221 e. The van der Waals surface area contributed by atoms with Crippen LogP contribution in [0.2, 0.25) is 0 Å². The third-order valence-electron chi connectivity index (χ3n) is 6.56. The van der Waals surface area contributed by atoms with Crippen molar-refractivity contribution < 1.29 is 23.5 Å². The molecule has 4 rings (SSSR count). The molecule has 0 saturated heterocycles. The van der Waals surface area contributed by atoms with Gasteiger partial charge in [-0.15, -0.1) is 0 Å². The lowest BCUT2D eigenvalue weighted by molar-refractivity contribution is -0.120. The summed E-state index contributed by atoms with van der Waals surface area (Å²) in [5.74, 6) is -1.88. The number of anilines is 1. The lowest BCUT2D eigenvalue weighted by Crippen LogP contribution is -2.49. The highest BCUT2D eigenvalue weighted by molar-refractivity contribution is 5.89. The zero-order valence-corrected chi connectivity index (χ0v) is 20.9. The fraction of sp³-hybridized carbons (Fsp3) is 0.310. The van der Waals surface area contributed by atoms with Gasteiger partial charge in [0.2, 0.25) is 11.8 Å². The van der Waals surface area contributed by atoms with Crippen molar-refractivity contribution >= 4 is 17.5 Å². The summed E-state index contributed by atoms with van der Waals surface area (Å²) in [6.45, 7) is 3.00. The first-order valence-corrected chi connectivity index (χ1v) is 12.3. The molecule has 0 radical (unpaired) electrons. The molecule has 0 aromatic heterocycles. The van der Waals surface area contributed by atoms with Crippen LogP contribution < -0.4 is 16.0 Å². The second-order valence-corrected chi connectivity index (χ2v) is 9.66. The Morgan fingerprint density at radius 3 is 2.19 bits per heavy atom. The fourth-order valence-electron chi connectivity index (χ4n) is 4.64. The maximum absolute atomic E-state index is 13.7. The van der Waals surface area contributed by atoms with Gasteiger partial charge in [-0.05, 0) is 71.8 Å². The molecule has 0 bridgehead atoms. The molecule has 194 valence electrons. The summed E-state index contributed by atoms with van der Waals surface area (Å²) in [5.41, 5.74) is 3.81. The van der Waals surface area contributed by atoms with Crippen molar-refractivity contribution in [3.8, 4) is 11.1 Å². The average molecular weight is 508 g/mol. The van der Waals surface area contributed by atoms with Crippen LogP contribution in [0.1, 0.15) is 37.8 Å². The number of aliphatic hydroxyl groups excluding tert-OH is 1. The van der Waals surface area contributed by atoms with Crippen LogP contribution in [-0.4, -0.2) is 35.6 Å². The summed E-state index contributed by atoms with van der Waals surface area (Å²) in [5, 5.41) is 19.9. The number of benzene rings is 3. The molecule has 1 aliphatic carbocycles. The van der Waals surface area contributed by atoms with E-state index in [-0.39, 0.29) is 30.3 Å². The molecule has 37 heavy (non-hydrogen) atoms. The van der Waals surface area contributed by atoms with Crippen LogP contribution in [0.15, 0.2) is 66.7 Å². The standard InChI is InChI=1S/C29H31F2N3O3/c1-18(35)33-26-8-4-6-22(15-26)21-5-3-7-23(14-21)29(9-10-29)32-17-28(37)27(34-19(2)36)13-20-11-24(30)16-25(31)12-20/h3-8,11-12,14-16,27-28,32,37H,9-10,13,17H2,1-2H3,(H,33,35)(H,34,36)/t27-,28-/m0/s1. The van der Waals surface area contributed by atoms with Gasteiger partial charge >= 0.3 is 0 Å². The van der Waals surface area contributed by atoms with Crippen LogP contribution in [0.5, 0.6) is 0 Å². The zero-order valence-electron chi connectivity index (χ0n) is 20.9. The Morgan fingerprint density at radius 2 is 1.57 bits per heavy atom. The molecule has 2 amide bonds. The van der Waals surface area contributed by atoms with Gasteiger partial charge < -0.3 is 21.1 Å². The Labute approximate surface area is 215 Å². The lowest BCUT2D eigenvalue weighted by Gasteiger charge is -2.27. The van der Waals surface area contributed by atoms with Gasteiger partial charge in [0, 0.05) is 37.7 Å². The van der Waals surface area contributed by atoms with Crippen molar-refractivity contribution in [3.05, 3.63) is 89.5 Å². The SMILES string of the molecule is CC(=O)Nc1cccc(-c2cccc(C3(NC[C@H](O)[C@H](Cc4cc(F)cc(F)c4)NC(C)=O)CC3)c2)c1. The molecule has 3 aromatic carbocycles. The van der Waals surface area contributed by atoms with Crippen molar-refractivity contribution in [2.45, 2.75) is 50.8 Å². The Balaban J connectivity index is 1.47. The number of aliphatic hydroxyl groups is 1. The quantitative estimate of drug-likeness (QED) is 0.330. The number of hydrogen-bond donors (Lipinski definition) is 4. The van der Waals surface area contributed by atoms with Crippen molar-refractivity contribution in [3.63, 3.8) is 0 Å². The first kappa shape index (κ1) is 26.4. The van der Waals surface area contributed by atoms with Gasteiger partial charge in [-0.1, -0.05) is 30.3 Å². The number of carbonyl (C=O) groups excluding carboxylic acids is 2. The van der Waals surface area contributed by atoms with E-state index in [0.29, 0.717) is 5.56 Å². The zero-order chi connectivity index (χ0) is 26.6. The highest BCUT2D eigenvalue weighted by Gasteiger charge is 2.44. The molecular formula is C29H31F2N3O3. The van der Waals surface area contributed by atoms with Gasteiger partial charge in [0.05, 0.1) is 12.1 Å². The van der Waals surface area contributed by atoms with Crippen LogP contribution in [0.4, 0.5) is 14.5 Å². The minimum Gasteiger partial charge on any atom is -0.390 e. The molecule has 0 heterocycles. The number of hydrogen-bond acceptors (Lipinski definition) is 4. The molecule has 0 unspecified atom stereocenters. The second kappa shape index (κ2) is 11.2. The fourth-order valence-corrected chi connectivity index (χ4v) is 4.64. The monoisotopic (exact) mass is 507 g/mol. The number of rotatable bonds is 10. The molecule has 0 spiro atoms. The van der Waals surface area contributed by atoms with Gasteiger partial charge in [-0.2, -0.15) is 0 Å². The molecule has 0 aliphatic heterocycles. The number of carbonyl (C=O) groups is 2. The Hall–Kier alpha value is -3.62. The number of amides is 2. The highest BCUT2D eigenvalue weighted by atomic mass is 19.1. The molecule has 8 heteroatoms. The molecule has 1 saturated carbocycles. The van der Waals surface area contributed by atoms with Gasteiger partial charge in [-0.3, -0.25) is 9.59 Å². The molecular weight excluding hydrogens is 476 g/mol. The van der Waals surface area contributed by atoms with E-state index in [1.807, 2.05) is 42.5 Å². The van der Waals surface area contributed by atoms with Crippen LogP contribution in [0.25, 0.3) is 11.1 Å². The molecule has 3 aromatic rings. The Bertz CT molecular complexity index is 1270. The topological polar surface area (TPSA) is 90.5 Å². The molecule has 1 fully saturated rings. The first-order valence-electron chi connectivity index (χ1n) is 12.3. The summed E-state index contributed by atoms with van der Waals surface area (Å²) >= 11 is 0. The molecule has 6 nitrogen and oxygen atoms in total. The highest BCUT2D eigenvalue weighted by Crippen LogP contribution is 2.46. The van der Waals surface area contributed by atoms with Crippen LogP contribution >= 0.6 is 0 Å². The van der Waals surface area contributed by atoms with Crippen molar-refractivity contribution in [2.24, 2.45) is 0 Å². The van der Waals surface area contributed by atoms with Gasteiger partial charge in [0.1, 0.15) is 11.6 Å². The van der Waals surface area contributed by atoms with Crippen LogP contribution in [-0.2, 0) is 21.5 Å². The van der Waals surface area contributed by atoms with E-state index in [4.69, 9.17) is 0 Å². The Kier molecular flexibility index (Phi) is 8.00. The van der Waals surface area contributed by atoms with E-state index in [1.165, 1.54) is 26.0 Å². The van der Waals surface area contributed by atoms with Crippen LogP contribution in [0.3, 0.4) is 0 Å². The van der Waals surface area contributed by atoms with Crippen molar-refractivity contribution in [1.29, 1.82) is 0 Å². The molecule has 2 atom stereocenters. The van der Waals surface area contributed by atoms with Gasteiger partial charge in [0.15, 0.2) is 0 Å². The van der Waals surface area contributed by atoms with E-state index in [2.05, 4.69) is 22.0 Å². The van der Waals surface area contributed by atoms with E-state index < -0.39 is 23.8 Å². The van der Waals surface area contributed by atoms with Crippen molar-refractivity contribution in [2.75, 3.05) is 11.9 Å². The minimum absolute atomic E-state index is 0.0875. The van der Waals surface area contributed by atoms with E-state index >= 15 is 0 Å². The summed E-state index contributed by atoms with van der Waals surface area (Å²) in [7, 11) is 0. The molecule has 1 aliphatic rings. The summed E-state index contributed by atoms with van der Waals surface area (Å²) in [6, 6.07) is 18.2. The van der Waals surface area contributed by atoms with Gasteiger partial charge in [-0.25, -0.2) is 8.78 Å². The predicted octanol–water partition coefficient (Wildman–Crippen LogP) is 4.28. The third-order valence-corrected chi connectivity index (χ3v) is 6.56. The molecule has 4 N–H and O–H groups in total. The third kappa shape index (κ3) is 6.99. The summed E-state index contributed by atoms with van der Waals surface area (Å²) in [4.78, 5) is 23.2. The second-order valence-electron chi connectivity index (χ2n) is 9.66. The normalized spacial score (nSPS) is 15.5. The first-order chi connectivity index (χ1) is 17.6. The largest absolute Gasteiger partial charge is 0.390 e. The van der Waals surface area contributed by atoms with E-state index in [9.17, 15) is 23.5 Å². The van der Waals surface area contributed by atoms with E-state index in [0.717, 1.165) is 41.3 Å². The van der Waals surface area contributed by atoms with Crippen molar-refractivity contribution in [1.82, 2.24) is 10.6 Å². The van der Waals surface area contributed by atoms with E-state index in [1.54, 1.807) is 0 Å². The van der Waals surface area contributed by atoms with Crippen LogP contribution in [0, 0.1) is 11.6 Å². The summed E-state index contributed by atoms with van der Waals surface area (Å²) in [6.07, 6.45) is 0.874. The average Bonchev–Trinajstić information content (AvgIpc) is 3.62. The number of halogens is 2. The predicted molar refractivity (Wildman–Crippen MR) is 139 cm³/mol. The summed E-state index contributed by atoms with van der Waals surface area (Å²) < 4.78 is 27.3. The number of nitrogens with one attached hydrogen (secondary N) is 3. The lowest BCUT2D eigenvalue weighted by atomic mass is 9.96. The van der Waals surface area contributed by atoms with Gasteiger partial charge in [0.25, 0.3) is 0 Å². The minimum atomic E-state index is -0.981. The maximum atomic E-state index is 13.7.